The average molecular weight is 1330 g/mol. The van der Waals surface area contributed by atoms with Gasteiger partial charge in [-0.05, 0) is 94.8 Å². The van der Waals surface area contributed by atoms with Gasteiger partial charge in [0.2, 0.25) is 64.8 Å². The van der Waals surface area contributed by atoms with E-state index in [9.17, 15) is 38.7 Å². The Hall–Kier alpha value is -5.69. The zero-order valence-corrected chi connectivity index (χ0v) is 59.8. The largest absolute Gasteiger partial charge is 0.390 e. The van der Waals surface area contributed by atoms with Crippen LogP contribution in [-0.4, -0.2) is 238 Å². The van der Waals surface area contributed by atoms with Gasteiger partial charge in [0, 0.05) is 60.6 Å². The molecule has 0 aliphatic carbocycles. The van der Waals surface area contributed by atoms with E-state index in [1.165, 1.54) is 82.8 Å². The topological polar surface area (TPSA) is 288 Å². The van der Waals surface area contributed by atoms with Gasteiger partial charge in [-0.25, -0.2) is 0 Å². The van der Waals surface area contributed by atoms with Crippen molar-refractivity contribution in [2.45, 2.75) is 222 Å². The molecule has 1 aliphatic rings. The zero-order chi connectivity index (χ0) is 69.0. The molecule has 0 spiro atoms. The molecule has 510 valence electrons. The molecule has 1 saturated heterocycles. The third-order valence-electron chi connectivity index (χ3n) is 16.7. The lowest BCUT2D eigenvalue weighted by Crippen LogP contribution is -2.70. The van der Waals surface area contributed by atoms with E-state index in [2.05, 4.69) is 37.2 Å². The van der Waals surface area contributed by atoms with Gasteiger partial charge in [-0.1, -0.05) is 125 Å². The normalized spacial score (nSPS) is 27.1. The Kier molecular flexibility index (Phi) is 33.8. The van der Waals surface area contributed by atoms with E-state index in [1.807, 2.05) is 55.4 Å². The number of likely N-dealkylation sites (N-methyl/N-ethyl adjacent to an activating group) is 7. The first kappa shape index (κ1) is 81.3. The van der Waals surface area contributed by atoms with E-state index in [0.29, 0.717) is 0 Å². The van der Waals surface area contributed by atoms with Crippen molar-refractivity contribution in [2.24, 2.45) is 41.4 Å². The predicted octanol–water partition coefficient (Wildman–Crippen LogP) is 4.01. The van der Waals surface area contributed by atoms with E-state index in [-0.39, 0.29) is 74.1 Å². The SMILES string of the molecule is C/C=C/C[C@@H](C)[C@@H](O)[C@H]1C(=O)N[C@@H](CC)C(=O)N(C)CC(=O)N(C)[C@@H](CC(C)C)C(=O)N[C@@H](C(C)C)C(=O)N(C)[C@@H](CC(C)C)C(=O)N[C@@H](C)C(=O)N[C@H](C)C(=O)N(C)[C@@H](CC(C)C)C(=O)N(C)[C@@H](CC(C)C)C(=O)N(C)[C@](OCCBr)(C(C)C)C(=O)N1C. The summed E-state index contributed by atoms with van der Waals surface area (Å²) in [7, 11) is 9.76. The van der Waals surface area contributed by atoms with Gasteiger partial charge in [0.05, 0.1) is 19.3 Å². The van der Waals surface area contributed by atoms with Gasteiger partial charge in [-0.15, -0.1) is 0 Å². The van der Waals surface area contributed by atoms with E-state index >= 15 is 19.2 Å². The Morgan fingerprint density at radius 1 is 0.562 bits per heavy atom. The van der Waals surface area contributed by atoms with Gasteiger partial charge in [-0.3, -0.25) is 52.7 Å². The molecule has 24 nitrogen and oxygen atoms in total. The fraction of sp³-hybridized carbons (Fsp3) is 0.797. The van der Waals surface area contributed by atoms with Crippen LogP contribution in [0.5, 0.6) is 0 Å². The Morgan fingerprint density at radius 2 is 1.01 bits per heavy atom. The first-order valence-electron chi connectivity index (χ1n) is 31.7. The lowest BCUT2D eigenvalue weighted by Gasteiger charge is -2.48. The summed E-state index contributed by atoms with van der Waals surface area (Å²) in [6, 6.07) is -11.5. The number of hydrogen-bond acceptors (Lipinski definition) is 13. The van der Waals surface area contributed by atoms with Crippen molar-refractivity contribution in [3.8, 4) is 0 Å². The minimum absolute atomic E-state index is 0.00920. The zero-order valence-electron chi connectivity index (χ0n) is 58.2. The first-order chi connectivity index (χ1) is 41.1. The fourth-order valence-electron chi connectivity index (χ4n) is 11.1. The minimum Gasteiger partial charge on any atom is -0.390 e. The van der Waals surface area contributed by atoms with Crippen LogP contribution in [0.2, 0.25) is 0 Å². The maximum atomic E-state index is 15.8. The van der Waals surface area contributed by atoms with Crippen LogP contribution in [0.15, 0.2) is 12.2 Å². The van der Waals surface area contributed by atoms with Crippen LogP contribution in [0.25, 0.3) is 0 Å². The maximum Gasteiger partial charge on any atom is 0.276 e. The van der Waals surface area contributed by atoms with Crippen molar-refractivity contribution in [1.82, 2.24) is 55.6 Å². The highest BCUT2D eigenvalue weighted by Gasteiger charge is 2.55. The number of aliphatic hydroxyl groups is 1. The van der Waals surface area contributed by atoms with Gasteiger partial charge < -0.3 is 65.4 Å². The second-order valence-corrected chi connectivity index (χ2v) is 27.5. The summed E-state index contributed by atoms with van der Waals surface area (Å²) in [5.41, 5.74) is -2.22. The number of amides is 11. The summed E-state index contributed by atoms with van der Waals surface area (Å²) in [6.07, 6.45) is 2.75. The van der Waals surface area contributed by atoms with Crippen molar-refractivity contribution >= 4 is 80.9 Å². The van der Waals surface area contributed by atoms with Crippen LogP contribution >= 0.6 is 15.9 Å². The van der Waals surface area contributed by atoms with Crippen LogP contribution in [0.4, 0.5) is 0 Å². The third-order valence-corrected chi connectivity index (χ3v) is 17.0. The molecular formula is C64H114BrN11O13. The second kappa shape index (κ2) is 37.0. The Labute approximate surface area is 540 Å². The van der Waals surface area contributed by atoms with Gasteiger partial charge in [0.1, 0.15) is 54.4 Å². The van der Waals surface area contributed by atoms with Gasteiger partial charge in [0.15, 0.2) is 0 Å². The summed E-state index contributed by atoms with van der Waals surface area (Å²) in [6.45, 7) is 28.9. The molecule has 0 unspecified atom stereocenters. The molecule has 89 heavy (non-hydrogen) atoms. The number of carbonyl (C=O) groups is 11. The molecule has 5 N–H and O–H groups in total. The van der Waals surface area contributed by atoms with Gasteiger partial charge >= 0.3 is 0 Å². The van der Waals surface area contributed by atoms with Crippen LogP contribution in [0, 0.1) is 41.4 Å². The Balaban J connectivity index is 4.50. The summed E-state index contributed by atoms with van der Waals surface area (Å²) in [4.78, 5) is 171. The Morgan fingerprint density at radius 3 is 1.47 bits per heavy atom. The molecule has 1 rings (SSSR count). The third kappa shape index (κ3) is 22.0. The quantitative estimate of drug-likeness (QED) is 0.0960. The lowest BCUT2D eigenvalue weighted by atomic mass is 9.89. The molecule has 0 aromatic carbocycles. The van der Waals surface area contributed by atoms with Crippen LogP contribution in [0.3, 0.4) is 0 Å². The second-order valence-electron chi connectivity index (χ2n) is 26.7. The number of alkyl halides is 1. The highest BCUT2D eigenvalue weighted by Crippen LogP contribution is 2.33. The molecule has 25 heteroatoms. The van der Waals surface area contributed by atoms with Crippen molar-refractivity contribution in [2.75, 3.05) is 67.8 Å². The van der Waals surface area contributed by atoms with E-state index in [0.717, 1.165) is 14.7 Å². The minimum atomic E-state index is -2.22. The highest BCUT2D eigenvalue weighted by atomic mass is 79.9. The van der Waals surface area contributed by atoms with Crippen LogP contribution in [0.1, 0.15) is 156 Å². The van der Waals surface area contributed by atoms with Crippen molar-refractivity contribution < 1.29 is 62.6 Å². The molecule has 0 saturated carbocycles. The number of ether oxygens (including phenoxy) is 1. The van der Waals surface area contributed by atoms with Gasteiger partial charge in [-0.2, -0.15) is 0 Å². The molecule has 1 aliphatic heterocycles. The summed E-state index contributed by atoms with van der Waals surface area (Å²) in [5, 5.41) is 23.5. The molecule has 0 radical (unpaired) electrons. The lowest BCUT2D eigenvalue weighted by molar-refractivity contribution is -0.207. The molecule has 1 heterocycles. The van der Waals surface area contributed by atoms with Crippen molar-refractivity contribution in [1.29, 1.82) is 0 Å². The number of hydrogen-bond donors (Lipinski definition) is 5. The van der Waals surface area contributed by atoms with E-state index in [1.54, 1.807) is 60.6 Å². The average Bonchev–Trinajstić information content (AvgIpc) is 0.791. The standard InChI is InChI=1S/C64H114BrN11O13/c1-25-27-28-42(15)53(78)52-57(82)68-45(26-2)59(84)70(18)35-50(77)71(19)46(31-36(3)4)56(81)69-51(40(11)12)62(87)72(20)47(32-37(5)6)55(80)66-43(16)54(79)67-44(17)58(83)73(21)48(33-38(7)8)60(85)74(22)49(34-39(9)10)61(86)76(24)64(41(13)14,89-30-29-65)63(88)75(52)23/h25,27,36-49,51-53,78H,26,28-35H2,1-24H3,(H,66,80)(H,67,79)(H,68,82)(H,69,81)/b27-25+/t42-,43+,44-,45+,46+,47+,48+,49+,51+,52+,53-,64+/m1/s1. The predicted molar refractivity (Wildman–Crippen MR) is 347 cm³/mol. The number of aliphatic hydroxyl groups excluding tert-OH is 1. The molecule has 1 fully saturated rings. The van der Waals surface area contributed by atoms with Crippen molar-refractivity contribution in [3.05, 3.63) is 12.2 Å². The smallest absolute Gasteiger partial charge is 0.276 e. The number of allylic oxidation sites excluding steroid dienone is 2. The van der Waals surface area contributed by atoms with Crippen LogP contribution < -0.4 is 21.3 Å². The molecule has 12 atom stereocenters. The first-order valence-corrected chi connectivity index (χ1v) is 32.8. The maximum absolute atomic E-state index is 15.8. The monoisotopic (exact) mass is 1320 g/mol. The number of carbonyl (C=O) groups excluding carboxylic acids is 11. The van der Waals surface area contributed by atoms with Crippen molar-refractivity contribution in [3.63, 3.8) is 0 Å². The molecule has 0 aromatic rings. The number of rotatable bonds is 18. The van der Waals surface area contributed by atoms with E-state index < -0.39 is 155 Å². The summed E-state index contributed by atoms with van der Waals surface area (Å²) in [5.74, 6) is -10.7. The van der Waals surface area contributed by atoms with Crippen LogP contribution in [-0.2, 0) is 57.5 Å². The molecule has 11 amide bonds. The molecule has 0 bridgehead atoms. The summed E-state index contributed by atoms with van der Waals surface area (Å²) < 4.78 is 6.54. The summed E-state index contributed by atoms with van der Waals surface area (Å²) >= 11 is 3.40. The van der Waals surface area contributed by atoms with Gasteiger partial charge in [0.25, 0.3) is 5.91 Å². The van der Waals surface area contributed by atoms with E-state index in [4.69, 9.17) is 4.74 Å². The number of nitrogens with one attached hydrogen (secondary N) is 4. The number of nitrogens with zero attached hydrogens (tertiary/aromatic N) is 7. The molecule has 0 aromatic heterocycles. The molecular weight excluding hydrogens is 1210 g/mol. The highest BCUT2D eigenvalue weighted by molar-refractivity contribution is 9.09. The fourth-order valence-corrected chi connectivity index (χ4v) is 11.3. The number of halogens is 1. The Bertz CT molecular complexity index is 2440.